The van der Waals surface area contributed by atoms with Crippen LogP contribution >= 0.6 is 0 Å². The Labute approximate surface area is 136 Å². The van der Waals surface area contributed by atoms with E-state index in [1.54, 1.807) is 25.1 Å². The molecule has 0 aliphatic rings. The number of amides is 1. The van der Waals surface area contributed by atoms with Gasteiger partial charge < -0.3 is 4.74 Å². The molecule has 24 heavy (non-hydrogen) atoms. The second-order valence-corrected chi connectivity index (χ2v) is 4.82. The minimum absolute atomic E-state index is 0.0341. The monoisotopic (exact) mass is 331 g/mol. The Balaban J connectivity index is 1.90. The highest BCUT2D eigenvalue weighted by atomic mass is 19.1. The average molecular weight is 331 g/mol. The van der Waals surface area contributed by atoms with Crippen LogP contribution < -0.4 is 10.2 Å². The molecule has 0 saturated heterocycles. The second-order valence-electron chi connectivity index (χ2n) is 4.82. The highest BCUT2D eigenvalue weighted by molar-refractivity contribution is 5.83. The number of aryl methyl sites for hydroxylation is 1. The quantitative estimate of drug-likeness (QED) is 0.500. The van der Waals surface area contributed by atoms with Crippen molar-refractivity contribution in [2.75, 3.05) is 6.61 Å². The van der Waals surface area contributed by atoms with Crippen molar-refractivity contribution in [1.82, 2.24) is 5.43 Å². The number of hydrogen-bond donors (Lipinski definition) is 1. The van der Waals surface area contributed by atoms with Crippen molar-refractivity contribution in [3.05, 3.63) is 69.5 Å². The summed E-state index contributed by atoms with van der Waals surface area (Å²) in [5.41, 5.74) is 3.15. The fourth-order valence-electron chi connectivity index (χ4n) is 1.82. The third-order valence-electron chi connectivity index (χ3n) is 3.03. The van der Waals surface area contributed by atoms with Crippen LogP contribution in [0, 0.1) is 22.9 Å². The summed E-state index contributed by atoms with van der Waals surface area (Å²) in [7, 11) is 0. The van der Waals surface area contributed by atoms with Gasteiger partial charge in [0.1, 0.15) is 0 Å². The molecule has 0 saturated carbocycles. The van der Waals surface area contributed by atoms with Gasteiger partial charge in [-0.15, -0.1) is 0 Å². The van der Waals surface area contributed by atoms with E-state index in [1.807, 2.05) is 0 Å². The zero-order chi connectivity index (χ0) is 17.5. The van der Waals surface area contributed by atoms with Gasteiger partial charge in [0.25, 0.3) is 11.6 Å². The van der Waals surface area contributed by atoms with Gasteiger partial charge >= 0.3 is 0 Å². The molecular formula is C16H14FN3O4. The minimum Gasteiger partial charge on any atom is -0.481 e. The molecule has 2 aromatic rings. The Morgan fingerprint density at radius 2 is 2.12 bits per heavy atom. The van der Waals surface area contributed by atoms with E-state index in [2.05, 4.69) is 10.5 Å². The lowest BCUT2D eigenvalue weighted by Crippen LogP contribution is -2.24. The van der Waals surface area contributed by atoms with Gasteiger partial charge in [0.05, 0.1) is 11.1 Å². The molecule has 0 atom stereocenters. The summed E-state index contributed by atoms with van der Waals surface area (Å²) in [6.45, 7) is 1.22. The number of nitro benzene ring substituents is 1. The first-order chi connectivity index (χ1) is 11.5. The third kappa shape index (κ3) is 4.60. The zero-order valence-corrected chi connectivity index (χ0v) is 12.7. The number of carbonyl (C=O) groups excluding carboxylic acids is 1. The first-order valence-corrected chi connectivity index (χ1v) is 6.91. The van der Waals surface area contributed by atoms with Gasteiger partial charge in [-0.25, -0.2) is 9.82 Å². The summed E-state index contributed by atoms with van der Waals surface area (Å²) in [4.78, 5) is 21.9. The van der Waals surface area contributed by atoms with E-state index < -0.39 is 23.3 Å². The van der Waals surface area contributed by atoms with E-state index in [0.29, 0.717) is 11.1 Å². The molecule has 2 aromatic carbocycles. The number of nitrogens with one attached hydrogen (secondary N) is 1. The highest BCUT2D eigenvalue weighted by Gasteiger charge is 2.10. The Bertz CT molecular complexity index is 793. The fraction of sp³-hybridized carbons (Fsp3) is 0.125. The SMILES string of the molecule is Cc1ccc(/C=N\NC(=O)COc2ccccc2F)cc1[N+](=O)[O-]. The molecule has 8 heteroatoms. The molecule has 0 spiro atoms. The van der Waals surface area contributed by atoms with E-state index in [0.717, 1.165) is 0 Å². The number of hydrogen-bond acceptors (Lipinski definition) is 5. The molecule has 2 rings (SSSR count). The predicted octanol–water partition coefficient (Wildman–Crippen LogP) is 2.57. The van der Waals surface area contributed by atoms with Crippen LogP contribution in [0.15, 0.2) is 47.6 Å². The van der Waals surface area contributed by atoms with Crippen LogP contribution in [0.25, 0.3) is 0 Å². The van der Waals surface area contributed by atoms with Gasteiger partial charge in [0, 0.05) is 17.2 Å². The Kier molecular flexibility index (Phi) is 5.56. The van der Waals surface area contributed by atoms with Crippen LogP contribution in [0.3, 0.4) is 0 Å². The lowest BCUT2D eigenvalue weighted by Gasteiger charge is -2.05. The third-order valence-corrected chi connectivity index (χ3v) is 3.03. The van der Waals surface area contributed by atoms with Gasteiger partial charge in [-0.3, -0.25) is 14.9 Å². The summed E-state index contributed by atoms with van der Waals surface area (Å²) in [6.07, 6.45) is 1.27. The van der Waals surface area contributed by atoms with Gasteiger partial charge in [0.15, 0.2) is 18.2 Å². The molecule has 0 heterocycles. The van der Waals surface area contributed by atoms with E-state index in [4.69, 9.17) is 4.74 Å². The maximum atomic E-state index is 13.3. The molecule has 1 N–H and O–H groups in total. The average Bonchev–Trinajstić information content (AvgIpc) is 2.55. The topological polar surface area (TPSA) is 93.8 Å². The number of hydrazone groups is 1. The van der Waals surface area contributed by atoms with Crippen molar-refractivity contribution in [3.63, 3.8) is 0 Å². The molecule has 0 aliphatic carbocycles. The van der Waals surface area contributed by atoms with Crippen LogP contribution in [-0.2, 0) is 4.79 Å². The van der Waals surface area contributed by atoms with Gasteiger partial charge in [-0.2, -0.15) is 5.10 Å². The number of benzene rings is 2. The number of nitro groups is 1. The minimum atomic E-state index is -0.587. The molecule has 124 valence electrons. The predicted molar refractivity (Wildman–Crippen MR) is 85.5 cm³/mol. The number of carbonyl (C=O) groups is 1. The largest absolute Gasteiger partial charge is 0.481 e. The maximum absolute atomic E-state index is 13.3. The van der Waals surface area contributed by atoms with Crippen LogP contribution in [0.2, 0.25) is 0 Å². The van der Waals surface area contributed by atoms with Crippen molar-refractivity contribution in [2.24, 2.45) is 5.10 Å². The molecule has 0 fully saturated rings. The summed E-state index contributed by atoms with van der Waals surface area (Å²) >= 11 is 0. The van der Waals surface area contributed by atoms with E-state index in [-0.39, 0.29) is 11.4 Å². The maximum Gasteiger partial charge on any atom is 0.277 e. The Hall–Kier alpha value is -3.29. The summed E-state index contributed by atoms with van der Waals surface area (Å²) in [5, 5.41) is 14.5. The van der Waals surface area contributed by atoms with Crippen LogP contribution in [0.5, 0.6) is 5.75 Å². The normalized spacial score (nSPS) is 10.6. The number of halogens is 1. The van der Waals surface area contributed by atoms with Gasteiger partial charge in [-0.1, -0.05) is 24.3 Å². The first kappa shape index (κ1) is 17.1. The number of para-hydroxylation sites is 1. The van der Waals surface area contributed by atoms with Crippen molar-refractivity contribution in [1.29, 1.82) is 0 Å². The second kappa shape index (κ2) is 7.82. The van der Waals surface area contributed by atoms with Crippen molar-refractivity contribution in [2.45, 2.75) is 6.92 Å². The summed E-state index contributed by atoms with van der Waals surface area (Å²) in [5.74, 6) is -1.19. The molecular weight excluding hydrogens is 317 g/mol. The molecule has 1 amide bonds. The van der Waals surface area contributed by atoms with Crippen LogP contribution in [-0.4, -0.2) is 23.7 Å². The van der Waals surface area contributed by atoms with Crippen molar-refractivity contribution < 1.29 is 18.8 Å². The zero-order valence-electron chi connectivity index (χ0n) is 12.7. The van der Waals surface area contributed by atoms with Crippen molar-refractivity contribution >= 4 is 17.8 Å². The van der Waals surface area contributed by atoms with Crippen LogP contribution in [0.1, 0.15) is 11.1 Å². The Morgan fingerprint density at radius 3 is 2.83 bits per heavy atom. The lowest BCUT2D eigenvalue weighted by molar-refractivity contribution is -0.385. The van der Waals surface area contributed by atoms with E-state index in [9.17, 15) is 19.3 Å². The molecule has 0 aromatic heterocycles. The summed E-state index contributed by atoms with van der Waals surface area (Å²) in [6, 6.07) is 10.3. The Morgan fingerprint density at radius 1 is 1.38 bits per heavy atom. The van der Waals surface area contributed by atoms with Crippen LogP contribution in [0.4, 0.5) is 10.1 Å². The number of rotatable bonds is 6. The summed E-state index contributed by atoms with van der Waals surface area (Å²) < 4.78 is 18.3. The number of ether oxygens (including phenoxy) is 1. The van der Waals surface area contributed by atoms with Gasteiger partial charge in [-0.05, 0) is 19.1 Å². The standard InChI is InChI=1S/C16H14FN3O4/c1-11-6-7-12(8-14(11)20(22)23)9-18-19-16(21)10-24-15-5-3-2-4-13(15)17/h2-9H,10H2,1H3,(H,19,21)/b18-9-. The fourth-order valence-corrected chi connectivity index (χ4v) is 1.82. The van der Waals surface area contributed by atoms with Gasteiger partial charge in [0.2, 0.25) is 0 Å². The molecule has 0 bridgehead atoms. The lowest BCUT2D eigenvalue weighted by atomic mass is 10.1. The first-order valence-electron chi connectivity index (χ1n) is 6.91. The molecule has 7 nitrogen and oxygen atoms in total. The van der Waals surface area contributed by atoms with E-state index >= 15 is 0 Å². The molecule has 0 radical (unpaired) electrons. The van der Waals surface area contributed by atoms with E-state index in [1.165, 1.54) is 30.5 Å². The number of nitrogens with zero attached hydrogens (tertiary/aromatic N) is 2. The molecule has 0 aliphatic heterocycles. The molecule has 0 unspecified atom stereocenters. The smallest absolute Gasteiger partial charge is 0.277 e. The highest BCUT2D eigenvalue weighted by Crippen LogP contribution is 2.18. The van der Waals surface area contributed by atoms with Crippen molar-refractivity contribution in [3.8, 4) is 5.75 Å².